The molecule has 1 rings (SSSR count). The molecule has 0 aliphatic carbocycles. The third kappa shape index (κ3) is 2.03. The van der Waals surface area contributed by atoms with Gasteiger partial charge in [0, 0.05) is 5.92 Å². The number of hydrogen-bond acceptors (Lipinski definition) is 5. The monoisotopic (exact) mass is 186 g/mol. The first-order valence-corrected chi connectivity index (χ1v) is 4.51. The van der Waals surface area contributed by atoms with E-state index in [-0.39, 0.29) is 10.9 Å². The van der Waals surface area contributed by atoms with Crippen molar-refractivity contribution < 1.29 is 10.2 Å². The van der Waals surface area contributed by atoms with Gasteiger partial charge in [-0.25, -0.2) is 0 Å². The summed E-state index contributed by atoms with van der Waals surface area (Å²) in [6.07, 6.45) is 0. The maximum absolute atomic E-state index is 9.15. The molecule has 1 aromatic heterocycles. The second kappa shape index (κ2) is 3.12. The van der Waals surface area contributed by atoms with E-state index >= 15 is 0 Å². The predicted octanol–water partition coefficient (Wildman–Crippen LogP) is -0.611. The van der Waals surface area contributed by atoms with Crippen LogP contribution in [-0.4, -0.2) is 28.3 Å². The van der Waals surface area contributed by atoms with Gasteiger partial charge in [0.15, 0.2) is 18.5 Å². The van der Waals surface area contributed by atoms with E-state index in [4.69, 9.17) is 10.2 Å². The van der Waals surface area contributed by atoms with E-state index in [2.05, 4.69) is 10.2 Å². The average Bonchev–Trinajstić information content (AvgIpc) is 2.30. The first kappa shape index (κ1) is 9.63. The maximum atomic E-state index is 9.15. The van der Waals surface area contributed by atoms with Crippen LogP contribution in [0, 0.1) is 0 Å². The molecule has 0 saturated carbocycles. The van der Waals surface area contributed by atoms with Gasteiger partial charge >= 0.3 is 0 Å². The average molecular weight is 186 g/mol. The fourth-order valence-electron chi connectivity index (χ4n) is 0.659. The second-order valence-corrected chi connectivity index (χ2v) is 4.13. The van der Waals surface area contributed by atoms with Crippen molar-refractivity contribution in [3.63, 3.8) is 0 Å². The minimum atomic E-state index is -1.86. The molecule has 12 heavy (non-hydrogen) atoms. The summed E-state index contributed by atoms with van der Waals surface area (Å²) in [5.74, 6) is 0.276. The molecule has 0 amide bonds. The van der Waals surface area contributed by atoms with Gasteiger partial charge in [-0.2, -0.15) is 0 Å². The minimum Gasteiger partial charge on any atom is -0.368 e. The Labute approximate surface area is 75.7 Å². The van der Waals surface area contributed by atoms with Gasteiger partial charge in [0.05, 0.1) is 0 Å². The predicted molar refractivity (Wildman–Crippen MR) is 48.7 cm³/mol. The molecule has 2 N–H and O–H groups in total. The minimum absolute atomic E-state index is 0.242. The lowest BCUT2D eigenvalue weighted by atomic mass is 9.96. The van der Waals surface area contributed by atoms with Crippen LogP contribution < -0.4 is 0 Å². The lowest BCUT2D eigenvalue weighted by Crippen LogP contribution is -2.24. The molecule has 66 valence electrons. The molecule has 6 heteroatoms. The summed E-state index contributed by atoms with van der Waals surface area (Å²) in [5.41, 5.74) is -1.86. The molecule has 0 saturated heterocycles. The Bertz CT molecular complexity index is 269. The molecule has 1 heterocycles. The third-order valence-corrected chi connectivity index (χ3v) is 2.76. The van der Waals surface area contributed by atoms with Gasteiger partial charge in [-0.3, -0.25) is 0 Å². The summed E-state index contributed by atoms with van der Waals surface area (Å²) >= 11 is 1.23. The van der Waals surface area contributed by atoms with Crippen LogP contribution in [0.15, 0.2) is 0 Å². The SMILES string of the molecule is BC(O)(O)c1nnc(C(C)C)s1. The van der Waals surface area contributed by atoms with Crippen molar-refractivity contribution in [3.8, 4) is 0 Å². The molecule has 1 aromatic rings. The normalized spacial score (nSPS) is 12.4. The van der Waals surface area contributed by atoms with Gasteiger partial charge in [0.2, 0.25) is 0 Å². The van der Waals surface area contributed by atoms with Gasteiger partial charge in [-0.1, -0.05) is 25.2 Å². The second-order valence-electron chi connectivity index (χ2n) is 3.12. The molecule has 0 radical (unpaired) electrons. The highest BCUT2D eigenvalue weighted by Crippen LogP contribution is 2.23. The molecule has 0 aliphatic heterocycles. The summed E-state index contributed by atoms with van der Waals surface area (Å²) < 4.78 is 0. The van der Waals surface area contributed by atoms with Crippen LogP contribution in [0.3, 0.4) is 0 Å². The Morgan fingerprint density at radius 2 is 2.00 bits per heavy atom. The van der Waals surface area contributed by atoms with Crippen LogP contribution >= 0.6 is 11.3 Å². The van der Waals surface area contributed by atoms with E-state index in [1.165, 1.54) is 19.2 Å². The molecular weight excluding hydrogens is 175 g/mol. The van der Waals surface area contributed by atoms with Crippen LogP contribution in [0.2, 0.25) is 0 Å². The molecule has 0 aliphatic rings. The van der Waals surface area contributed by atoms with Crippen molar-refractivity contribution >= 4 is 19.2 Å². The molecule has 0 aromatic carbocycles. The Kier molecular flexibility index (Phi) is 2.50. The van der Waals surface area contributed by atoms with Crippen molar-refractivity contribution in [3.05, 3.63) is 10.0 Å². The fraction of sp³-hybridized carbons (Fsp3) is 0.667. The topological polar surface area (TPSA) is 66.2 Å². The van der Waals surface area contributed by atoms with Crippen molar-refractivity contribution in [1.29, 1.82) is 0 Å². The van der Waals surface area contributed by atoms with Crippen LogP contribution in [0.25, 0.3) is 0 Å². The van der Waals surface area contributed by atoms with Crippen LogP contribution in [0.5, 0.6) is 0 Å². The first-order chi connectivity index (χ1) is 5.41. The number of rotatable bonds is 2. The van der Waals surface area contributed by atoms with E-state index in [1.54, 1.807) is 0 Å². The molecule has 0 fully saturated rings. The van der Waals surface area contributed by atoms with Gasteiger partial charge in [0.1, 0.15) is 5.01 Å². The van der Waals surface area contributed by atoms with Crippen molar-refractivity contribution in [2.75, 3.05) is 0 Å². The zero-order chi connectivity index (χ0) is 9.35. The van der Waals surface area contributed by atoms with E-state index in [0.717, 1.165) is 5.01 Å². The number of aromatic nitrogens is 2. The van der Waals surface area contributed by atoms with Crippen LogP contribution in [0.1, 0.15) is 29.8 Å². The quantitative estimate of drug-likeness (QED) is 0.477. The fourth-order valence-corrected chi connectivity index (χ4v) is 1.45. The number of aliphatic hydroxyl groups is 2. The molecule has 4 nitrogen and oxygen atoms in total. The number of nitrogens with zero attached hydrogens (tertiary/aromatic N) is 2. The zero-order valence-corrected chi connectivity index (χ0v) is 8.09. The highest BCUT2D eigenvalue weighted by atomic mass is 32.1. The highest BCUT2D eigenvalue weighted by molar-refractivity contribution is 7.11. The maximum Gasteiger partial charge on any atom is 0.187 e. The number of hydrogen-bond donors (Lipinski definition) is 2. The summed E-state index contributed by atoms with van der Waals surface area (Å²) in [5, 5.41) is 26.9. The van der Waals surface area contributed by atoms with Gasteiger partial charge < -0.3 is 10.2 Å². The van der Waals surface area contributed by atoms with E-state index < -0.39 is 5.69 Å². The van der Waals surface area contributed by atoms with Crippen molar-refractivity contribution in [1.82, 2.24) is 10.2 Å². The zero-order valence-electron chi connectivity index (χ0n) is 7.27. The summed E-state index contributed by atoms with van der Waals surface area (Å²) in [6, 6.07) is 0. The van der Waals surface area contributed by atoms with Crippen molar-refractivity contribution in [2.24, 2.45) is 0 Å². The molecular formula is C6H11BN2O2S. The van der Waals surface area contributed by atoms with Gasteiger partial charge in [-0.15, -0.1) is 10.2 Å². The Morgan fingerprint density at radius 1 is 1.42 bits per heavy atom. The van der Waals surface area contributed by atoms with E-state index in [0.29, 0.717) is 0 Å². The Balaban J connectivity index is 2.92. The smallest absolute Gasteiger partial charge is 0.187 e. The lowest BCUT2D eigenvalue weighted by molar-refractivity contribution is -0.0915. The first-order valence-electron chi connectivity index (χ1n) is 3.70. The molecule has 0 unspecified atom stereocenters. The summed E-state index contributed by atoms with van der Waals surface area (Å²) in [6.45, 7) is 3.97. The van der Waals surface area contributed by atoms with E-state index in [9.17, 15) is 0 Å². The molecule has 0 spiro atoms. The standard InChI is InChI=1S/C6H11BN2O2S/c1-3(2)4-8-9-5(12-4)6(7,10)11/h3,10-11H,7H2,1-2H3. The molecule has 0 bridgehead atoms. The third-order valence-electron chi connectivity index (χ3n) is 1.34. The highest BCUT2D eigenvalue weighted by Gasteiger charge is 2.24. The summed E-state index contributed by atoms with van der Waals surface area (Å²) in [4.78, 5) is 0. The van der Waals surface area contributed by atoms with Gasteiger partial charge in [-0.05, 0) is 0 Å². The van der Waals surface area contributed by atoms with Gasteiger partial charge in [0.25, 0.3) is 0 Å². The van der Waals surface area contributed by atoms with Crippen LogP contribution in [-0.2, 0) is 5.69 Å². The Hall–Kier alpha value is -0.455. The largest absolute Gasteiger partial charge is 0.368 e. The lowest BCUT2D eigenvalue weighted by Gasteiger charge is -2.10. The molecule has 0 atom stereocenters. The summed E-state index contributed by atoms with van der Waals surface area (Å²) in [7, 11) is 1.28. The van der Waals surface area contributed by atoms with Crippen molar-refractivity contribution in [2.45, 2.75) is 25.5 Å². The van der Waals surface area contributed by atoms with Crippen LogP contribution in [0.4, 0.5) is 0 Å². The Morgan fingerprint density at radius 3 is 2.25 bits per heavy atom. The van der Waals surface area contributed by atoms with E-state index in [1.807, 2.05) is 13.8 Å².